The number of carbonyl (C=O) groups is 3. The van der Waals surface area contributed by atoms with Gasteiger partial charge in [0.05, 0.1) is 0 Å². The van der Waals surface area contributed by atoms with Crippen molar-refractivity contribution in [3.63, 3.8) is 0 Å². The first-order valence-corrected chi connectivity index (χ1v) is 37.0. The summed E-state index contributed by atoms with van der Waals surface area (Å²) in [6.45, 7) is 6.69. The van der Waals surface area contributed by atoms with Gasteiger partial charge in [-0.15, -0.1) is 0 Å². The van der Waals surface area contributed by atoms with Crippen LogP contribution < -0.4 is 0 Å². The van der Waals surface area contributed by atoms with E-state index in [2.05, 4.69) is 57.2 Å². The standard InChI is InChI=1S/C76H142O6/c1-4-7-10-13-16-19-22-24-26-28-30-32-33-34-35-36-37-38-39-40-41-42-43-45-46-48-50-52-54-57-60-63-66-69-75(78)81-72-73(71-80-74(77)68-65-62-59-56-21-18-15-12-9-6-3)82-76(79)70-67-64-61-58-55-53-51-49-47-44-31-29-27-25-23-20-17-14-11-8-5-2/h22,24,28,30,33-34,73H,4-21,23,25-27,29,31-32,35-72H2,1-3H3/b24-22-,30-28-,34-33-. The molecule has 0 aromatic carbocycles. The summed E-state index contributed by atoms with van der Waals surface area (Å²) in [7, 11) is 0. The average Bonchev–Trinajstić information content (AvgIpc) is 3.48. The van der Waals surface area contributed by atoms with Crippen molar-refractivity contribution in [2.24, 2.45) is 0 Å². The summed E-state index contributed by atoms with van der Waals surface area (Å²) in [5.41, 5.74) is 0. The Labute approximate surface area is 512 Å². The molecule has 0 fully saturated rings. The number of rotatable bonds is 69. The summed E-state index contributed by atoms with van der Waals surface area (Å²) in [6.07, 6.45) is 89.1. The predicted octanol–water partition coefficient (Wildman–Crippen LogP) is 25.5. The topological polar surface area (TPSA) is 78.9 Å². The van der Waals surface area contributed by atoms with E-state index in [9.17, 15) is 14.4 Å². The van der Waals surface area contributed by atoms with Crippen LogP contribution in [0.1, 0.15) is 412 Å². The Morgan fingerprint density at radius 3 is 0.683 bits per heavy atom. The molecule has 6 heteroatoms. The number of allylic oxidation sites excluding steroid dienone is 6. The molecular formula is C76H142O6. The zero-order valence-corrected chi connectivity index (χ0v) is 55.5. The van der Waals surface area contributed by atoms with Crippen molar-refractivity contribution in [3.05, 3.63) is 36.5 Å². The highest BCUT2D eigenvalue weighted by atomic mass is 16.6. The molecule has 0 heterocycles. The second-order valence-corrected chi connectivity index (χ2v) is 25.2. The Bertz CT molecular complexity index is 1370. The van der Waals surface area contributed by atoms with Crippen LogP contribution >= 0.6 is 0 Å². The number of hydrogen-bond donors (Lipinski definition) is 0. The van der Waals surface area contributed by atoms with Crippen LogP contribution in [0.3, 0.4) is 0 Å². The van der Waals surface area contributed by atoms with Gasteiger partial charge in [-0.1, -0.05) is 372 Å². The molecule has 0 saturated heterocycles. The van der Waals surface area contributed by atoms with Crippen molar-refractivity contribution in [2.75, 3.05) is 13.2 Å². The Hall–Kier alpha value is -2.37. The summed E-state index contributed by atoms with van der Waals surface area (Å²) >= 11 is 0. The van der Waals surface area contributed by atoms with Crippen LogP contribution in [0.25, 0.3) is 0 Å². The van der Waals surface area contributed by atoms with Gasteiger partial charge in [-0.2, -0.15) is 0 Å². The SMILES string of the molecule is CCCCCCC/C=C\C/C=C\C/C=C\CCCCCCCCCCCCCCCCCCCCC(=O)OCC(COC(=O)CCCCCCCCCCCC)OC(=O)CCCCCCCCCCCCCCCCCCCCCCC. The van der Waals surface area contributed by atoms with E-state index in [0.717, 1.165) is 70.6 Å². The predicted molar refractivity (Wildman–Crippen MR) is 358 cm³/mol. The molecule has 1 unspecified atom stereocenters. The Balaban J connectivity index is 4.07. The zero-order valence-electron chi connectivity index (χ0n) is 55.5. The van der Waals surface area contributed by atoms with Gasteiger partial charge in [0.2, 0.25) is 0 Å². The van der Waals surface area contributed by atoms with Gasteiger partial charge in [0, 0.05) is 19.3 Å². The summed E-state index contributed by atoms with van der Waals surface area (Å²) in [6, 6.07) is 0. The maximum Gasteiger partial charge on any atom is 0.306 e. The van der Waals surface area contributed by atoms with E-state index in [1.165, 1.54) is 302 Å². The smallest absolute Gasteiger partial charge is 0.306 e. The Morgan fingerprint density at radius 2 is 0.439 bits per heavy atom. The van der Waals surface area contributed by atoms with E-state index >= 15 is 0 Å². The molecule has 0 aliphatic carbocycles. The summed E-state index contributed by atoms with van der Waals surface area (Å²) in [4.78, 5) is 38.4. The summed E-state index contributed by atoms with van der Waals surface area (Å²) < 4.78 is 17.0. The fraction of sp³-hybridized carbons (Fsp3) is 0.882. The highest BCUT2D eigenvalue weighted by Gasteiger charge is 2.20. The number of carbonyl (C=O) groups excluding carboxylic acids is 3. The molecule has 482 valence electrons. The normalized spacial score (nSPS) is 12.2. The Kier molecular flexibility index (Phi) is 69.1. The molecule has 0 saturated carbocycles. The minimum Gasteiger partial charge on any atom is -0.462 e. The van der Waals surface area contributed by atoms with Crippen LogP contribution in [0.2, 0.25) is 0 Å². The van der Waals surface area contributed by atoms with Crippen LogP contribution in [0.4, 0.5) is 0 Å². The molecule has 82 heavy (non-hydrogen) atoms. The van der Waals surface area contributed by atoms with Crippen LogP contribution in [0, 0.1) is 0 Å². The summed E-state index contributed by atoms with van der Waals surface area (Å²) in [5, 5.41) is 0. The molecule has 0 aliphatic heterocycles. The fourth-order valence-electron chi connectivity index (χ4n) is 11.3. The molecule has 0 aromatic heterocycles. The largest absolute Gasteiger partial charge is 0.462 e. The van der Waals surface area contributed by atoms with Crippen molar-refractivity contribution < 1.29 is 28.6 Å². The number of esters is 3. The lowest BCUT2D eigenvalue weighted by Gasteiger charge is -2.18. The van der Waals surface area contributed by atoms with Crippen molar-refractivity contribution in [3.8, 4) is 0 Å². The third-order valence-electron chi connectivity index (χ3n) is 16.9. The molecule has 0 rings (SSSR count). The van der Waals surface area contributed by atoms with E-state index in [1.54, 1.807) is 0 Å². The highest BCUT2D eigenvalue weighted by Crippen LogP contribution is 2.19. The lowest BCUT2D eigenvalue weighted by atomic mass is 10.0. The summed E-state index contributed by atoms with van der Waals surface area (Å²) in [5.74, 6) is -0.834. The van der Waals surface area contributed by atoms with Crippen molar-refractivity contribution in [1.82, 2.24) is 0 Å². The maximum absolute atomic E-state index is 12.9. The van der Waals surface area contributed by atoms with Gasteiger partial charge in [-0.05, 0) is 57.8 Å². The van der Waals surface area contributed by atoms with Gasteiger partial charge < -0.3 is 14.2 Å². The van der Waals surface area contributed by atoms with Crippen molar-refractivity contribution in [1.29, 1.82) is 0 Å². The van der Waals surface area contributed by atoms with Gasteiger partial charge in [0.1, 0.15) is 13.2 Å². The van der Waals surface area contributed by atoms with Crippen LogP contribution in [-0.2, 0) is 28.6 Å². The fourth-order valence-corrected chi connectivity index (χ4v) is 11.3. The maximum atomic E-state index is 12.9. The van der Waals surface area contributed by atoms with Gasteiger partial charge in [-0.25, -0.2) is 0 Å². The number of ether oxygens (including phenoxy) is 3. The lowest BCUT2D eigenvalue weighted by molar-refractivity contribution is -0.167. The molecular weight excluding hydrogens is 1010 g/mol. The van der Waals surface area contributed by atoms with Gasteiger partial charge >= 0.3 is 17.9 Å². The lowest BCUT2D eigenvalue weighted by Crippen LogP contribution is -2.30. The van der Waals surface area contributed by atoms with Gasteiger partial charge in [-0.3, -0.25) is 14.4 Å². The van der Waals surface area contributed by atoms with E-state index < -0.39 is 6.10 Å². The highest BCUT2D eigenvalue weighted by molar-refractivity contribution is 5.71. The van der Waals surface area contributed by atoms with Crippen LogP contribution in [0.5, 0.6) is 0 Å². The first kappa shape index (κ1) is 79.6. The van der Waals surface area contributed by atoms with Crippen LogP contribution in [-0.4, -0.2) is 37.2 Å². The third kappa shape index (κ3) is 68.4. The Morgan fingerprint density at radius 1 is 0.244 bits per heavy atom. The molecule has 0 radical (unpaired) electrons. The third-order valence-corrected chi connectivity index (χ3v) is 16.9. The number of unbranched alkanes of at least 4 members (excludes halogenated alkanes) is 52. The minimum absolute atomic E-state index is 0.0644. The second kappa shape index (κ2) is 71.1. The number of hydrogen-bond acceptors (Lipinski definition) is 6. The molecule has 0 spiro atoms. The van der Waals surface area contributed by atoms with Crippen molar-refractivity contribution >= 4 is 17.9 Å². The van der Waals surface area contributed by atoms with E-state index in [4.69, 9.17) is 14.2 Å². The first-order valence-electron chi connectivity index (χ1n) is 37.0. The molecule has 0 aliphatic rings. The molecule has 0 N–H and O–H groups in total. The van der Waals surface area contributed by atoms with Gasteiger partial charge in [0.25, 0.3) is 0 Å². The molecule has 0 aromatic rings. The zero-order chi connectivity index (χ0) is 59.2. The van der Waals surface area contributed by atoms with Crippen LogP contribution in [0.15, 0.2) is 36.5 Å². The second-order valence-electron chi connectivity index (χ2n) is 25.2. The van der Waals surface area contributed by atoms with E-state index in [0.29, 0.717) is 19.3 Å². The average molecular weight is 1150 g/mol. The molecule has 6 nitrogen and oxygen atoms in total. The van der Waals surface area contributed by atoms with Crippen molar-refractivity contribution in [2.45, 2.75) is 419 Å². The molecule has 0 amide bonds. The quantitative estimate of drug-likeness (QED) is 0.0261. The van der Waals surface area contributed by atoms with E-state index in [-0.39, 0.29) is 31.1 Å². The molecule has 0 bridgehead atoms. The monoisotopic (exact) mass is 1150 g/mol. The van der Waals surface area contributed by atoms with E-state index in [1.807, 2.05) is 0 Å². The van der Waals surface area contributed by atoms with Gasteiger partial charge in [0.15, 0.2) is 6.10 Å². The first-order chi connectivity index (χ1) is 40.5. The minimum atomic E-state index is -0.767. The molecule has 1 atom stereocenters.